The van der Waals surface area contributed by atoms with Crippen LogP contribution in [0.3, 0.4) is 0 Å². The van der Waals surface area contributed by atoms with Crippen LogP contribution in [-0.2, 0) is 0 Å². The van der Waals surface area contributed by atoms with E-state index < -0.39 is 0 Å². The molecule has 11 aromatic carbocycles. The van der Waals surface area contributed by atoms with Gasteiger partial charge < -0.3 is 14.0 Å². The largest absolute Gasteiger partial charge is 0.311 e. The maximum Gasteiger partial charge on any atom is 0.0547 e. The first-order valence-corrected chi connectivity index (χ1v) is 23.7. The van der Waals surface area contributed by atoms with Crippen molar-refractivity contribution in [3.05, 3.63) is 273 Å². The second-order valence-corrected chi connectivity index (χ2v) is 17.8. The first-order valence-electron chi connectivity index (χ1n) is 23.7. The lowest BCUT2D eigenvalue weighted by Crippen LogP contribution is -2.09. The normalized spacial score (nSPS) is 11.5. The third kappa shape index (κ3) is 7.16. The van der Waals surface area contributed by atoms with Crippen molar-refractivity contribution in [3.8, 4) is 55.9 Å². The smallest absolute Gasteiger partial charge is 0.0547 e. The summed E-state index contributed by atoms with van der Waals surface area (Å²) in [5.41, 5.74) is 19.9. The first kappa shape index (κ1) is 40.1. The second kappa shape index (κ2) is 16.9. The van der Waals surface area contributed by atoms with E-state index in [1.165, 1.54) is 93.8 Å². The van der Waals surface area contributed by atoms with Gasteiger partial charge in [-0.3, -0.25) is 0 Å². The van der Waals surface area contributed by atoms with E-state index in [0.29, 0.717) is 0 Å². The van der Waals surface area contributed by atoms with Crippen molar-refractivity contribution in [1.82, 2.24) is 9.13 Å². The van der Waals surface area contributed by atoms with E-state index in [4.69, 9.17) is 0 Å². The molecule has 0 aliphatic carbocycles. The quantitative estimate of drug-likeness (QED) is 0.141. The standard InChI is InChI=1S/C66H45N3/c1-4-14-46(15-5-1)48-28-36-56(37-29-48)67(58-40-32-51(33-41-58)53-34-42-61-59-20-10-12-22-63(59)69(66(61)45-53)55-18-8-3-9-19-55)57-38-30-49(31-39-57)47-24-26-50(27-25-47)52-35-43-65-62(44-52)60-21-11-13-23-64(60)68(65)54-16-6-2-7-17-54/h1-45H. The van der Waals surface area contributed by atoms with Crippen LogP contribution >= 0.6 is 0 Å². The monoisotopic (exact) mass is 879 g/mol. The van der Waals surface area contributed by atoms with Crippen molar-refractivity contribution < 1.29 is 0 Å². The number of anilines is 3. The summed E-state index contributed by atoms with van der Waals surface area (Å²) in [6.45, 7) is 0. The van der Waals surface area contributed by atoms with Crippen LogP contribution in [0, 0.1) is 0 Å². The van der Waals surface area contributed by atoms with Crippen molar-refractivity contribution in [1.29, 1.82) is 0 Å². The summed E-state index contributed by atoms with van der Waals surface area (Å²) in [6.07, 6.45) is 0. The number of nitrogens with zero attached hydrogens (tertiary/aromatic N) is 3. The molecular weight excluding hydrogens is 835 g/mol. The zero-order valence-corrected chi connectivity index (χ0v) is 37.8. The van der Waals surface area contributed by atoms with E-state index in [9.17, 15) is 0 Å². The Hall–Kier alpha value is -9.18. The van der Waals surface area contributed by atoms with E-state index in [1.807, 2.05) is 0 Å². The molecule has 0 fully saturated rings. The minimum atomic E-state index is 1.09. The molecule has 0 amide bonds. The van der Waals surface area contributed by atoms with Gasteiger partial charge in [0.2, 0.25) is 0 Å². The summed E-state index contributed by atoms with van der Waals surface area (Å²) >= 11 is 0. The zero-order chi connectivity index (χ0) is 45.7. The molecule has 0 unspecified atom stereocenters. The van der Waals surface area contributed by atoms with Crippen molar-refractivity contribution in [2.24, 2.45) is 0 Å². The Morgan fingerprint density at radius 2 is 0.522 bits per heavy atom. The number of rotatable bonds is 9. The molecule has 324 valence electrons. The molecule has 0 saturated carbocycles. The summed E-state index contributed by atoms with van der Waals surface area (Å²) in [6, 6.07) is 98.9. The Bertz CT molecular complexity index is 3940. The highest BCUT2D eigenvalue weighted by atomic mass is 15.1. The lowest BCUT2D eigenvalue weighted by atomic mass is 9.98. The lowest BCUT2D eigenvalue weighted by Gasteiger charge is -2.26. The Morgan fingerprint density at radius 1 is 0.203 bits per heavy atom. The van der Waals surface area contributed by atoms with Crippen LogP contribution < -0.4 is 4.90 Å². The Balaban J connectivity index is 0.827. The molecule has 0 saturated heterocycles. The molecule has 69 heavy (non-hydrogen) atoms. The molecule has 2 heterocycles. The summed E-state index contributed by atoms with van der Waals surface area (Å²) in [4.78, 5) is 2.35. The molecule has 0 radical (unpaired) electrons. The average Bonchev–Trinajstić information content (AvgIpc) is 3.94. The molecule has 0 aliphatic heterocycles. The van der Waals surface area contributed by atoms with E-state index >= 15 is 0 Å². The topological polar surface area (TPSA) is 13.1 Å². The molecule has 0 bridgehead atoms. The minimum Gasteiger partial charge on any atom is -0.311 e. The number of hydrogen-bond acceptors (Lipinski definition) is 1. The van der Waals surface area contributed by atoms with Gasteiger partial charge in [-0.2, -0.15) is 0 Å². The fraction of sp³-hybridized carbons (Fsp3) is 0. The van der Waals surface area contributed by atoms with Crippen LogP contribution in [0.25, 0.3) is 99.5 Å². The average molecular weight is 880 g/mol. The van der Waals surface area contributed by atoms with Gasteiger partial charge in [-0.15, -0.1) is 0 Å². The van der Waals surface area contributed by atoms with Crippen LogP contribution in [0.15, 0.2) is 273 Å². The number of para-hydroxylation sites is 4. The van der Waals surface area contributed by atoms with E-state index in [1.54, 1.807) is 0 Å². The van der Waals surface area contributed by atoms with Crippen molar-refractivity contribution in [2.75, 3.05) is 4.90 Å². The SMILES string of the molecule is c1ccc(-c2ccc(N(c3ccc(-c4ccc(-c5ccc6c(c5)c5ccccc5n6-c5ccccc5)cc4)cc3)c3ccc(-c4ccc5c6ccccc6n(-c6ccccc6)c5c4)cc3)cc2)cc1. The van der Waals surface area contributed by atoms with Crippen LogP contribution in [0.2, 0.25) is 0 Å². The highest BCUT2D eigenvalue weighted by Gasteiger charge is 2.17. The Kier molecular flexibility index (Phi) is 9.84. The summed E-state index contributed by atoms with van der Waals surface area (Å²) in [5.74, 6) is 0. The van der Waals surface area contributed by atoms with Crippen molar-refractivity contribution in [3.63, 3.8) is 0 Å². The van der Waals surface area contributed by atoms with Gasteiger partial charge >= 0.3 is 0 Å². The van der Waals surface area contributed by atoms with E-state index in [2.05, 4.69) is 287 Å². The molecule has 3 heteroatoms. The van der Waals surface area contributed by atoms with Gasteiger partial charge in [0, 0.05) is 50.0 Å². The molecule has 3 nitrogen and oxygen atoms in total. The molecule has 2 aromatic heterocycles. The predicted octanol–water partition coefficient (Wildman–Crippen LogP) is 18.0. The first-order chi connectivity index (χ1) is 34.2. The predicted molar refractivity (Wildman–Crippen MR) is 292 cm³/mol. The highest BCUT2D eigenvalue weighted by molar-refractivity contribution is 6.11. The van der Waals surface area contributed by atoms with Crippen molar-refractivity contribution >= 4 is 60.7 Å². The molecular formula is C66H45N3. The fourth-order valence-electron chi connectivity index (χ4n) is 10.4. The summed E-state index contributed by atoms with van der Waals surface area (Å²) in [7, 11) is 0. The van der Waals surface area contributed by atoms with Crippen molar-refractivity contribution in [2.45, 2.75) is 0 Å². The van der Waals surface area contributed by atoms with Gasteiger partial charge in [0.05, 0.1) is 22.1 Å². The van der Waals surface area contributed by atoms with Gasteiger partial charge in [-0.25, -0.2) is 0 Å². The molecule has 0 spiro atoms. The third-order valence-electron chi connectivity index (χ3n) is 13.7. The molecule has 0 N–H and O–H groups in total. The fourth-order valence-corrected chi connectivity index (χ4v) is 10.4. The molecule has 13 aromatic rings. The van der Waals surface area contributed by atoms with E-state index in [0.717, 1.165) is 22.7 Å². The summed E-state index contributed by atoms with van der Waals surface area (Å²) < 4.78 is 4.75. The van der Waals surface area contributed by atoms with Gasteiger partial charge in [-0.1, -0.05) is 182 Å². The lowest BCUT2D eigenvalue weighted by molar-refractivity contribution is 1.18. The highest BCUT2D eigenvalue weighted by Crippen LogP contribution is 2.40. The maximum absolute atomic E-state index is 2.38. The number of benzene rings is 11. The zero-order valence-electron chi connectivity index (χ0n) is 37.8. The second-order valence-electron chi connectivity index (χ2n) is 17.8. The van der Waals surface area contributed by atoms with Crippen LogP contribution in [-0.4, -0.2) is 9.13 Å². The third-order valence-corrected chi connectivity index (χ3v) is 13.7. The Labute approximate surface area is 401 Å². The van der Waals surface area contributed by atoms with Crippen LogP contribution in [0.5, 0.6) is 0 Å². The number of hydrogen-bond donors (Lipinski definition) is 0. The molecule has 0 aliphatic rings. The minimum absolute atomic E-state index is 1.09. The number of fused-ring (bicyclic) bond motifs is 6. The maximum atomic E-state index is 2.38. The van der Waals surface area contributed by atoms with Crippen LogP contribution in [0.4, 0.5) is 17.1 Å². The number of aromatic nitrogens is 2. The van der Waals surface area contributed by atoms with Gasteiger partial charge in [0.25, 0.3) is 0 Å². The summed E-state index contributed by atoms with van der Waals surface area (Å²) in [5, 5.41) is 5.02. The van der Waals surface area contributed by atoms with Gasteiger partial charge in [0.1, 0.15) is 0 Å². The molecule has 0 atom stereocenters. The van der Waals surface area contributed by atoms with Gasteiger partial charge in [-0.05, 0) is 136 Å². The Morgan fingerprint density at radius 3 is 1.03 bits per heavy atom. The van der Waals surface area contributed by atoms with Crippen LogP contribution in [0.1, 0.15) is 0 Å². The van der Waals surface area contributed by atoms with E-state index in [-0.39, 0.29) is 0 Å². The van der Waals surface area contributed by atoms with Gasteiger partial charge in [0.15, 0.2) is 0 Å². The molecule has 13 rings (SSSR count).